The van der Waals surface area contributed by atoms with Crippen molar-refractivity contribution < 1.29 is 8.42 Å². The molecule has 4 N–H and O–H groups in total. The summed E-state index contributed by atoms with van der Waals surface area (Å²) in [6, 6.07) is 1.65. The molecular formula is C11H19N3O2S2. The van der Waals surface area contributed by atoms with Crippen LogP contribution in [0.5, 0.6) is 0 Å². The summed E-state index contributed by atoms with van der Waals surface area (Å²) in [5, 5.41) is 0.573. The Morgan fingerprint density at radius 3 is 2.89 bits per heavy atom. The molecule has 1 aromatic heterocycles. The van der Waals surface area contributed by atoms with Gasteiger partial charge in [0.1, 0.15) is 0 Å². The Labute approximate surface area is 112 Å². The number of sulfonamides is 1. The standard InChI is InChI=1S/C11H19N3O2S2/c1-17-10-3-2-8(4-10)14-18(15,16)11-5-9(6-12)13-7-11/h5,7-8,10,13-14H,2-4,6,12H2,1H3. The third kappa shape index (κ3) is 3.09. The van der Waals surface area contributed by atoms with Crippen molar-refractivity contribution in [3.05, 3.63) is 18.0 Å². The number of hydrogen-bond donors (Lipinski definition) is 3. The molecule has 1 fully saturated rings. The van der Waals surface area contributed by atoms with Crippen molar-refractivity contribution in [3.8, 4) is 0 Å². The van der Waals surface area contributed by atoms with E-state index in [1.165, 1.54) is 6.20 Å². The molecule has 0 aromatic carbocycles. The first kappa shape index (κ1) is 13.9. The molecular weight excluding hydrogens is 270 g/mol. The number of thioether (sulfide) groups is 1. The van der Waals surface area contributed by atoms with Gasteiger partial charge in [-0.3, -0.25) is 0 Å². The van der Waals surface area contributed by atoms with Crippen molar-refractivity contribution in [1.29, 1.82) is 0 Å². The summed E-state index contributed by atoms with van der Waals surface area (Å²) < 4.78 is 27.0. The summed E-state index contributed by atoms with van der Waals surface area (Å²) in [5.41, 5.74) is 6.18. The van der Waals surface area contributed by atoms with E-state index in [2.05, 4.69) is 16.0 Å². The minimum Gasteiger partial charge on any atom is -0.363 e. The first-order chi connectivity index (χ1) is 8.55. The van der Waals surface area contributed by atoms with Gasteiger partial charge in [-0.15, -0.1) is 0 Å². The van der Waals surface area contributed by atoms with E-state index in [0.29, 0.717) is 11.8 Å². The number of rotatable bonds is 5. The molecule has 1 aromatic rings. The summed E-state index contributed by atoms with van der Waals surface area (Å²) >= 11 is 1.81. The van der Waals surface area contributed by atoms with E-state index in [9.17, 15) is 8.42 Å². The van der Waals surface area contributed by atoms with Crippen LogP contribution in [-0.2, 0) is 16.6 Å². The molecule has 1 heterocycles. The van der Waals surface area contributed by atoms with Gasteiger partial charge in [0.15, 0.2) is 0 Å². The van der Waals surface area contributed by atoms with Crippen molar-refractivity contribution in [2.75, 3.05) is 6.26 Å². The zero-order valence-electron chi connectivity index (χ0n) is 10.3. The zero-order chi connectivity index (χ0) is 13.2. The molecule has 7 heteroatoms. The van der Waals surface area contributed by atoms with E-state index < -0.39 is 10.0 Å². The predicted molar refractivity (Wildman–Crippen MR) is 73.9 cm³/mol. The Morgan fingerprint density at radius 2 is 2.33 bits per heavy atom. The maximum absolute atomic E-state index is 12.1. The lowest BCUT2D eigenvalue weighted by Gasteiger charge is -2.12. The zero-order valence-corrected chi connectivity index (χ0v) is 12.0. The van der Waals surface area contributed by atoms with Gasteiger partial charge in [-0.25, -0.2) is 13.1 Å². The van der Waals surface area contributed by atoms with Gasteiger partial charge < -0.3 is 10.7 Å². The highest BCUT2D eigenvalue weighted by molar-refractivity contribution is 7.99. The summed E-state index contributed by atoms with van der Waals surface area (Å²) in [5.74, 6) is 0. The quantitative estimate of drug-likeness (QED) is 0.755. The molecule has 0 bridgehead atoms. The number of nitrogens with two attached hydrogens (primary N) is 1. The van der Waals surface area contributed by atoms with Gasteiger partial charge >= 0.3 is 0 Å². The smallest absolute Gasteiger partial charge is 0.242 e. The lowest BCUT2D eigenvalue weighted by Crippen LogP contribution is -2.32. The minimum absolute atomic E-state index is 0.0590. The second-order valence-electron chi connectivity index (χ2n) is 4.55. The highest BCUT2D eigenvalue weighted by atomic mass is 32.2. The van der Waals surface area contributed by atoms with E-state index >= 15 is 0 Å². The van der Waals surface area contributed by atoms with Crippen LogP contribution in [0.15, 0.2) is 17.2 Å². The molecule has 0 saturated heterocycles. The number of H-pyrrole nitrogens is 1. The molecule has 0 spiro atoms. The van der Waals surface area contributed by atoms with Gasteiger partial charge in [-0.2, -0.15) is 11.8 Å². The summed E-state index contributed by atoms with van der Waals surface area (Å²) in [4.78, 5) is 3.13. The van der Waals surface area contributed by atoms with E-state index in [4.69, 9.17) is 5.73 Å². The number of nitrogens with one attached hydrogen (secondary N) is 2. The van der Waals surface area contributed by atoms with Gasteiger partial charge in [0.25, 0.3) is 0 Å². The van der Waals surface area contributed by atoms with Crippen molar-refractivity contribution in [2.24, 2.45) is 5.73 Å². The van der Waals surface area contributed by atoms with E-state index in [1.807, 2.05) is 11.8 Å². The van der Waals surface area contributed by atoms with Gasteiger partial charge in [0.05, 0.1) is 4.90 Å². The van der Waals surface area contributed by atoms with Crippen LogP contribution >= 0.6 is 11.8 Å². The molecule has 0 amide bonds. The molecule has 5 nitrogen and oxygen atoms in total. The van der Waals surface area contributed by atoms with Crippen LogP contribution in [0.1, 0.15) is 25.0 Å². The summed E-state index contributed by atoms with van der Waals surface area (Å²) in [7, 11) is -3.41. The Kier molecular flexibility index (Phi) is 4.37. The largest absolute Gasteiger partial charge is 0.363 e. The van der Waals surface area contributed by atoms with E-state index in [1.54, 1.807) is 6.07 Å². The van der Waals surface area contributed by atoms with Crippen LogP contribution in [0.2, 0.25) is 0 Å². The van der Waals surface area contributed by atoms with Crippen LogP contribution in [0, 0.1) is 0 Å². The molecule has 2 rings (SSSR count). The molecule has 0 aliphatic heterocycles. The van der Waals surface area contributed by atoms with Crippen molar-refractivity contribution in [2.45, 2.75) is 42.0 Å². The fourth-order valence-electron chi connectivity index (χ4n) is 2.24. The lowest BCUT2D eigenvalue weighted by atomic mass is 10.3. The fraction of sp³-hybridized carbons (Fsp3) is 0.636. The normalized spacial score (nSPS) is 24.6. The molecule has 0 radical (unpaired) electrons. The first-order valence-electron chi connectivity index (χ1n) is 5.97. The molecule has 2 unspecified atom stereocenters. The van der Waals surface area contributed by atoms with Crippen LogP contribution in [0.4, 0.5) is 0 Å². The molecule has 1 aliphatic rings. The highest BCUT2D eigenvalue weighted by Crippen LogP contribution is 2.29. The second-order valence-corrected chi connectivity index (χ2v) is 7.41. The third-order valence-electron chi connectivity index (χ3n) is 3.29. The Morgan fingerprint density at radius 1 is 1.56 bits per heavy atom. The lowest BCUT2D eigenvalue weighted by molar-refractivity contribution is 0.552. The number of hydrogen-bond acceptors (Lipinski definition) is 4. The Bertz CT molecular complexity index is 498. The van der Waals surface area contributed by atoms with Crippen molar-refractivity contribution >= 4 is 21.8 Å². The van der Waals surface area contributed by atoms with Crippen LogP contribution in [-0.4, -0.2) is 30.9 Å². The molecule has 1 saturated carbocycles. The van der Waals surface area contributed by atoms with E-state index in [0.717, 1.165) is 25.0 Å². The maximum Gasteiger partial charge on any atom is 0.242 e. The number of aromatic amines is 1. The van der Waals surface area contributed by atoms with Crippen LogP contribution < -0.4 is 10.5 Å². The minimum atomic E-state index is -3.41. The Hall–Kier alpha value is -0.500. The van der Waals surface area contributed by atoms with Crippen molar-refractivity contribution in [1.82, 2.24) is 9.71 Å². The SMILES string of the molecule is CSC1CCC(NS(=O)(=O)c2c[nH]c(CN)c2)C1. The number of aromatic nitrogens is 1. The topological polar surface area (TPSA) is 88.0 Å². The van der Waals surface area contributed by atoms with Gasteiger partial charge in [-0.1, -0.05) is 0 Å². The highest BCUT2D eigenvalue weighted by Gasteiger charge is 2.28. The predicted octanol–water partition coefficient (Wildman–Crippen LogP) is 1.04. The summed E-state index contributed by atoms with van der Waals surface area (Å²) in [6.07, 6.45) is 6.47. The fourth-order valence-corrected chi connectivity index (χ4v) is 4.34. The summed E-state index contributed by atoms with van der Waals surface area (Å²) in [6.45, 7) is 0.313. The molecule has 2 atom stereocenters. The van der Waals surface area contributed by atoms with E-state index in [-0.39, 0.29) is 10.9 Å². The second kappa shape index (κ2) is 5.64. The molecule has 102 valence electrons. The molecule has 18 heavy (non-hydrogen) atoms. The Balaban J connectivity index is 2.03. The first-order valence-corrected chi connectivity index (χ1v) is 8.74. The van der Waals surface area contributed by atoms with Gasteiger partial charge in [-0.05, 0) is 31.6 Å². The average molecular weight is 289 g/mol. The van der Waals surface area contributed by atoms with Crippen LogP contribution in [0.3, 0.4) is 0 Å². The third-order valence-corrected chi connectivity index (χ3v) is 5.88. The monoisotopic (exact) mass is 289 g/mol. The van der Waals surface area contributed by atoms with Crippen LogP contribution in [0.25, 0.3) is 0 Å². The molecule has 1 aliphatic carbocycles. The average Bonchev–Trinajstić information content (AvgIpc) is 2.96. The maximum atomic E-state index is 12.1. The van der Waals surface area contributed by atoms with Crippen molar-refractivity contribution in [3.63, 3.8) is 0 Å². The van der Waals surface area contributed by atoms with Gasteiger partial charge in [0, 0.05) is 29.7 Å². The van der Waals surface area contributed by atoms with Gasteiger partial charge in [0.2, 0.25) is 10.0 Å².